The molecule has 114 valence electrons. The number of ether oxygens (including phenoxy) is 1. The molecule has 0 bridgehead atoms. The second-order valence-corrected chi connectivity index (χ2v) is 5.36. The minimum atomic E-state index is -0.380. The number of urea groups is 1. The molecule has 1 saturated heterocycles. The molecule has 1 heterocycles. The molecule has 0 radical (unpaired) electrons. The maximum absolute atomic E-state index is 12.2. The van der Waals surface area contributed by atoms with Crippen molar-refractivity contribution in [3.63, 3.8) is 0 Å². The molecule has 0 saturated carbocycles. The summed E-state index contributed by atoms with van der Waals surface area (Å²) in [5.74, 6) is 0.223. The van der Waals surface area contributed by atoms with E-state index in [1.807, 2.05) is 4.90 Å². The maximum atomic E-state index is 12.2. The van der Waals surface area contributed by atoms with Crippen LogP contribution in [0.5, 0.6) is 0 Å². The molecule has 1 N–H and O–H groups in total. The molecular weight excluding hydrogens is 268 g/mol. The van der Waals surface area contributed by atoms with Crippen molar-refractivity contribution in [2.75, 3.05) is 25.5 Å². The number of methoxy groups -OCH3 is 1. The number of nitrogens with one attached hydrogen (secondary N) is 1. The second kappa shape index (κ2) is 7.11. The Bertz CT molecular complexity index is 499. The third kappa shape index (κ3) is 3.97. The lowest BCUT2D eigenvalue weighted by Crippen LogP contribution is -2.42. The fourth-order valence-corrected chi connectivity index (χ4v) is 2.59. The lowest BCUT2D eigenvalue weighted by atomic mass is 9.96. The molecule has 0 spiro atoms. The first-order valence-electron chi connectivity index (χ1n) is 7.38. The van der Waals surface area contributed by atoms with Crippen LogP contribution in [0, 0.1) is 5.92 Å². The number of hydrogen-bond donors (Lipinski definition) is 1. The van der Waals surface area contributed by atoms with Crippen molar-refractivity contribution in [3.8, 4) is 0 Å². The molecule has 1 atom stereocenters. The number of nitrogens with zero attached hydrogens (tertiary/aromatic N) is 1. The Hall–Kier alpha value is -2.04. The van der Waals surface area contributed by atoms with E-state index in [2.05, 4.69) is 17.0 Å². The molecule has 0 aromatic heterocycles. The molecule has 21 heavy (non-hydrogen) atoms. The van der Waals surface area contributed by atoms with Crippen molar-refractivity contribution in [3.05, 3.63) is 29.8 Å². The van der Waals surface area contributed by atoms with E-state index in [9.17, 15) is 9.59 Å². The number of carbonyl (C=O) groups is 2. The lowest BCUT2D eigenvalue weighted by Gasteiger charge is -2.32. The van der Waals surface area contributed by atoms with Crippen LogP contribution in [-0.4, -0.2) is 37.1 Å². The number of piperidine rings is 1. The molecule has 5 heteroatoms. The summed E-state index contributed by atoms with van der Waals surface area (Å²) < 4.78 is 4.64. The molecule has 1 aliphatic heterocycles. The Morgan fingerprint density at radius 1 is 1.33 bits per heavy atom. The molecule has 1 aromatic carbocycles. The summed E-state index contributed by atoms with van der Waals surface area (Å²) in [4.78, 5) is 25.4. The van der Waals surface area contributed by atoms with Crippen LogP contribution in [0.25, 0.3) is 0 Å². The van der Waals surface area contributed by atoms with Crippen LogP contribution in [0.3, 0.4) is 0 Å². The highest BCUT2D eigenvalue weighted by Crippen LogP contribution is 2.20. The van der Waals surface area contributed by atoms with Crippen molar-refractivity contribution in [1.82, 2.24) is 4.90 Å². The van der Waals surface area contributed by atoms with Gasteiger partial charge in [-0.15, -0.1) is 0 Å². The van der Waals surface area contributed by atoms with Gasteiger partial charge in [-0.3, -0.25) is 0 Å². The highest BCUT2D eigenvalue weighted by molar-refractivity contribution is 5.92. The summed E-state index contributed by atoms with van der Waals surface area (Å²) in [6, 6.07) is 6.65. The summed E-state index contributed by atoms with van der Waals surface area (Å²) in [6.07, 6.45) is 3.37. The minimum absolute atomic E-state index is 0.0704. The topological polar surface area (TPSA) is 58.6 Å². The van der Waals surface area contributed by atoms with Gasteiger partial charge in [0.1, 0.15) is 0 Å². The summed E-state index contributed by atoms with van der Waals surface area (Å²) in [6.45, 7) is 3.79. The first-order chi connectivity index (χ1) is 10.1. The van der Waals surface area contributed by atoms with E-state index >= 15 is 0 Å². The van der Waals surface area contributed by atoms with Gasteiger partial charge in [0.05, 0.1) is 12.7 Å². The summed E-state index contributed by atoms with van der Waals surface area (Å²) in [5.41, 5.74) is 1.16. The van der Waals surface area contributed by atoms with Gasteiger partial charge in [-0.05, 0) is 43.0 Å². The number of hydrogen-bond acceptors (Lipinski definition) is 3. The Balaban J connectivity index is 1.94. The number of anilines is 1. The van der Waals surface area contributed by atoms with Crippen molar-refractivity contribution in [2.45, 2.75) is 26.2 Å². The first-order valence-corrected chi connectivity index (χ1v) is 7.38. The standard InChI is InChI=1S/C16H22N2O3/c1-3-12-5-4-10-18(11-12)16(20)17-14-8-6-13(7-9-14)15(19)21-2/h6-9,12H,3-5,10-11H2,1-2H3,(H,17,20). The van der Waals surface area contributed by atoms with Crippen LogP contribution in [0.2, 0.25) is 0 Å². The van der Waals surface area contributed by atoms with Crippen LogP contribution in [0.4, 0.5) is 10.5 Å². The van der Waals surface area contributed by atoms with Gasteiger partial charge in [0, 0.05) is 18.8 Å². The third-order valence-corrected chi connectivity index (χ3v) is 3.94. The lowest BCUT2D eigenvalue weighted by molar-refractivity contribution is 0.0601. The number of rotatable bonds is 3. The third-order valence-electron chi connectivity index (χ3n) is 3.94. The molecule has 1 unspecified atom stereocenters. The van der Waals surface area contributed by atoms with Crippen LogP contribution in [0.15, 0.2) is 24.3 Å². The van der Waals surface area contributed by atoms with E-state index in [-0.39, 0.29) is 12.0 Å². The van der Waals surface area contributed by atoms with Gasteiger partial charge in [0.2, 0.25) is 0 Å². The minimum Gasteiger partial charge on any atom is -0.465 e. The zero-order valence-corrected chi connectivity index (χ0v) is 12.6. The van der Waals surface area contributed by atoms with Gasteiger partial charge in [0.15, 0.2) is 0 Å². The van der Waals surface area contributed by atoms with E-state index in [1.165, 1.54) is 13.5 Å². The van der Waals surface area contributed by atoms with E-state index in [0.717, 1.165) is 25.9 Å². The Kier molecular flexibility index (Phi) is 5.20. The SMILES string of the molecule is CCC1CCCN(C(=O)Nc2ccc(C(=O)OC)cc2)C1. The van der Waals surface area contributed by atoms with Crippen molar-refractivity contribution < 1.29 is 14.3 Å². The van der Waals surface area contributed by atoms with Gasteiger partial charge in [-0.2, -0.15) is 0 Å². The number of esters is 1. The molecule has 2 amide bonds. The normalized spacial score (nSPS) is 18.2. The molecule has 1 aliphatic rings. The van der Waals surface area contributed by atoms with E-state index < -0.39 is 0 Å². The van der Waals surface area contributed by atoms with Crippen molar-refractivity contribution >= 4 is 17.7 Å². The number of benzene rings is 1. The molecule has 2 rings (SSSR count). The van der Waals surface area contributed by atoms with Gasteiger partial charge in [0.25, 0.3) is 0 Å². The molecule has 0 aliphatic carbocycles. The predicted octanol–water partition coefficient (Wildman–Crippen LogP) is 3.13. The first kappa shape index (κ1) is 15.4. The monoisotopic (exact) mass is 290 g/mol. The molecule has 1 fully saturated rings. The molecule has 1 aromatic rings. The van der Waals surface area contributed by atoms with Crippen molar-refractivity contribution in [2.24, 2.45) is 5.92 Å². The van der Waals surface area contributed by atoms with Gasteiger partial charge >= 0.3 is 12.0 Å². The van der Waals surface area contributed by atoms with E-state index in [1.54, 1.807) is 24.3 Å². The summed E-state index contributed by atoms with van der Waals surface area (Å²) in [5, 5.41) is 2.88. The second-order valence-electron chi connectivity index (χ2n) is 5.36. The highest BCUT2D eigenvalue weighted by atomic mass is 16.5. The Morgan fingerprint density at radius 3 is 2.67 bits per heavy atom. The smallest absolute Gasteiger partial charge is 0.337 e. The zero-order valence-electron chi connectivity index (χ0n) is 12.6. The van der Waals surface area contributed by atoms with Crippen molar-refractivity contribution in [1.29, 1.82) is 0 Å². The fraction of sp³-hybridized carbons (Fsp3) is 0.500. The van der Waals surface area contributed by atoms with E-state index in [0.29, 0.717) is 17.2 Å². The van der Waals surface area contributed by atoms with Crippen LogP contribution in [0.1, 0.15) is 36.5 Å². The number of likely N-dealkylation sites (tertiary alicyclic amines) is 1. The van der Waals surface area contributed by atoms with Gasteiger partial charge < -0.3 is 15.0 Å². The Labute approximate surface area is 125 Å². The fourth-order valence-electron chi connectivity index (χ4n) is 2.59. The van der Waals surface area contributed by atoms with Crippen LogP contribution < -0.4 is 5.32 Å². The molecule has 5 nitrogen and oxygen atoms in total. The summed E-state index contributed by atoms with van der Waals surface area (Å²) >= 11 is 0. The van der Waals surface area contributed by atoms with Crippen LogP contribution >= 0.6 is 0 Å². The van der Waals surface area contributed by atoms with Crippen LogP contribution in [-0.2, 0) is 4.74 Å². The summed E-state index contributed by atoms with van der Waals surface area (Å²) in [7, 11) is 1.35. The average Bonchev–Trinajstić information content (AvgIpc) is 2.54. The van der Waals surface area contributed by atoms with Gasteiger partial charge in [-0.25, -0.2) is 9.59 Å². The predicted molar refractivity (Wildman–Crippen MR) is 81.4 cm³/mol. The largest absolute Gasteiger partial charge is 0.465 e. The average molecular weight is 290 g/mol. The Morgan fingerprint density at radius 2 is 2.05 bits per heavy atom. The van der Waals surface area contributed by atoms with E-state index in [4.69, 9.17) is 0 Å². The highest BCUT2D eigenvalue weighted by Gasteiger charge is 2.22. The quantitative estimate of drug-likeness (QED) is 0.870. The molecular formula is C16H22N2O3. The number of amides is 2. The zero-order chi connectivity index (χ0) is 15.2. The maximum Gasteiger partial charge on any atom is 0.337 e. The number of carbonyl (C=O) groups excluding carboxylic acids is 2. The van der Waals surface area contributed by atoms with Gasteiger partial charge in [-0.1, -0.05) is 13.3 Å².